The fourth-order valence-corrected chi connectivity index (χ4v) is 3.37. The van der Waals surface area contributed by atoms with Crippen LogP contribution in [0.25, 0.3) is 0 Å². The van der Waals surface area contributed by atoms with E-state index < -0.39 is 0 Å². The van der Waals surface area contributed by atoms with Gasteiger partial charge in [0, 0.05) is 32.7 Å². The molecule has 0 aliphatic carbocycles. The average molecular weight is 396 g/mol. The number of carbonyl (C=O) groups is 2. The predicted molar refractivity (Wildman–Crippen MR) is 113 cm³/mol. The maximum atomic E-state index is 12.6. The van der Waals surface area contributed by atoms with Crippen LogP contribution in [0.3, 0.4) is 0 Å². The molecule has 2 aromatic rings. The lowest BCUT2D eigenvalue weighted by Crippen LogP contribution is -2.51. The Morgan fingerprint density at radius 2 is 1.62 bits per heavy atom. The lowest BCUT2D eigenvalue weighted by Gasteiger charge is -2.34. The maximum Gasteiger partial charge on any atom is 0.234 e. The third-order valence-electron chi connectivity index (χ3n) is 5.01. The van der Waals surface area contributed by atoms with E-state index in [-0.39, 0.29) is 11.8 Å². The quantitative estimate of drug-likeness (QED) is 0.744. The van der Waals surface area contributed by atoms with Gasteiger partial charge in [-0.2, -0.15) is 0 Å². The number of nitrogens with zero attached hydrogens (tertiary/aromatic N) is 2. The van der Waals surface area contributed by atoms with Crippen LogP contribution in [0.1, 0.15) is 18.1 Å². The third kappa shape index (κ3) is 6.61. The first-order valence-corrected chi connectivity index (χ1v) is 10.2. The molecule has 1 saturated heterocycles. The topological polar surface area (TPSA) is 61.9 Å². The molecule has 0 radical (unpaired) electrons. The number of hydrogen-bond acceptors (Lipinski definition) is 4. The minimum atomic E-state index is 0.0167. The number of hydrogen-bond donors (Lipinski definition) is 1. The molecule has 0 unspecified atom stereocenters. The summed E-state index contributed by atoms with van der Waals surface area (Å²) in [6.07, 6.45) is 0.393. The summed E-state index contributed by atoms with van der Waals surface area (Å²) in [4.78, 5) is 28.7. The molecular formula is C23H29N3O3. The van der Waals surface area contributed by atoms with Crippen molar-refractivity contribution in [2.75, 3.05) is 39.3 Å². The van der Waals surface area contributed by atoms with Crippen molar-refractivity contribution in [1.82, 2.24) is 15.1 Å². The Kier molecular flexibility index (Phi) is 7.64. The molecule has 3 rings (SSSR count). The summed E-state index contributed by atoms with van der Waals surface area (Å²) in [7, 11) is 0. The first kappa shape index (κ1) is 20.9. The number of carbonyl (C=O) groups excluding carboxylic acids is 2. The molecule has 6 nitrogen and oxygen atoms in total. The van der Waals surface area contributed by atoms with E-state index in [2.05, 4.69) is 10.2 Å². The van der Waals surface area contributed by atoms with E-state index in [1.165, 1.54) is 0 Å². The Hall–Kier alpha value is -2.86. The van der Waals surface area contributed by atoms with Crippen LogP contribution in [0.4, 0.5) is 0 Å². The van der Waals surface area contributed by atoms with Crippen molar-refractivity contribution in [3.63, 3.8) is 0 Å². The average Bonchev–Trinajstić information content (AvgIpc) is 2.75. The summed E-state index contributed by atoms with van der Waals surface area (Å²) in [5, 5.41) is 2.96. The van der Waals surface area contributed by atoms with Gasteiger partial charge in [0.15, 0.2) is 0 Å². The number of amides is 2. The van der Waals surface area contributed by atoms with Crippen LogP contribution in [0, 0.1) is 0 Å². The molecule has 1 N–H and O–H groups in total. The van der Waals surface area contributed by atoms with E-state index >= 15 is 0 Å². The maximum absolute atomic E-state index is 12.6. The van der Waals surface area contributed by atoms with E-state index in [1.807, 2.05) is 66.4 Å². The Morgan fingerprint density at radius 3 is 2.28 bits per heavy atom. The number of nitrogens with one attached hydrogen (secondary N) is 1. The van der Waals surface area contributed by atoms with Crippen LogP contribution >= 0.6 is 0 Å². The lowest BCUT2D eigenvalue weighted by molar-refractivity contribution is -0.132. The van der Waals surface area contributed by atoms with Crippen molar-refractivity contribution in [3.05, 3.63) is 65.7 Å². The van der Waals surface area contributed by atoms with Crippen molar-refractivity contribution in [1.29, 1.82) is 0 Å². The summed E-state index contributed by atoms with van der Waals surface area (Å²) in [6.45, 7) is 6.23. The van der Waals surface area contributed by atoms with Crippen LogP contribution in [0.2, 0.25) is 0 Å². The van der Waals surface area contributed by atoms with Crippen LogP contribution in [0.15, 0.2) is 54.6 Å². The SMILES string of the molecule is CCOc1ccc(CC(=O)N2CCN(CC(=O)NCc3ccccc3)CC2)cc1. The molecule has 0 atom stereocenters. The molecular weight excluding hydrogens is 366 g/mol. The highest BCUT2D eigenvalue weighted by Crippen LogP contribution is 2.14. The molecule has 1 aliphatic rings. The van der Waals surface area contributed by atoms with Gasteiger partial charge < -0.3 is 15.0 Å². The van der Waals surface area contributed by atoms with Gasteiger partial charge in [-0.05, 0) is 30.2 Å². The highest BCUT2D eigenvalue weighted by atomic mass is 16.5. The van der Waals surface area contributed by atoms with E-state index in [4.69, 9.17) is 4.74 Å². The van der Waals surface area contributed by atoms with Gasteiger partial charge in [0.2, 0.25) is 11.8 Å². The van der Waals surface area contributed by atoms with Crippen molar-refractivity contribution >= 4 is 11.8 Å². The molecule has 154 valence electrons. The predicted octanol–water partition coefficient (Wildman–Crippen LogP) is 2.09. The zero-order valence-electron chi connectivity index (χ0n) is 17.0. The molecule has 0 aromatic heterocycles. The lowest BCUT2D eigenvalue weighted by atomic mass is 10.1. The summed E-state index contributed by atoms with van der Waals surface area (Å²) < 4.78 is 5.43. The monoisotopic (exact) mass is 395 g/mol. The minimum absolute atomic E-state index is 0.0167. The van der Waals surface area contributed by atoms with Gasteiger partial charge in [-0.25, -0.2) is 0 Å². The molecule has 2 aromatic carbocycles. The highest BCUT2D eigenvalue weighted by molar-refractivity contribution is 5.79. The number of ether oxygens (including phenoxy) is 1. The van der Waals surface area contributed by atoms with Crippen molar-refractivity contribution in [2.24, 2.45) is 0 Å². The smallest absolute Gasteiger partial charge is 0.234 e. The Balaban J connectivity index is 1.38. The van der Waals surface area contributed by atoms with Gasteiger partial charge in [-0.15, -0.1) is 0 Å². The van der Waals surface area contributed by atoms with E-state index in [0.717, 1.165) is 16.9 Å². The second-order valence-electron chi connectivity index (χ2n) is 7.17. The van der Waals surface area contributed by atoms with Gasteiger partial charge in [0.1, 0.15) is 5.75 Å². The highest BCUT2D eigenvalue weighted by Gasteiger charge is 2.22. The van der Waals surface area contributed by atoms with E-state index in [9.17, 15) is 9.59 Å². The van der Waals surface area contributed by atoms with Crippen molar-refractivity contribution in [2.45, 2.75) is 19.9 Å². The second kappa shape index (κ2) is 10.6. The minimum Gasteiger partial charge on any atom is -0.494 e. The Bertz CT molecular complexity index is 785. The summed E-state index contributed by atoms with van der Waals surface area (Å²) in [5.74, 6) is 0.966. The van der Waals surface area contributed by atoms with Crippen LogP contribution in [0.5, 0.6) is 5.75 Å². The van der Waals surface area contributed by atoms with Crippen LogP contribution in [-0.4, -0.2) is 60.9 Å². The number of benzene rings is 2. The summed E-state index contributed by atoms with van der Waals surface area (Å²) in [5.41, 5.74) is 2.08. The first-order valence-electron chi connectivity index (χ1n) is 10.2. The fraction of sp³-hybridized carbons (Fsp3) is 0.391. The molecule has 1 aliphatic heterocycles. The van der Waals surface area contributed by atoms with E-state index in [1.54, 1.807) is 0 Å². The molecule has 0 bridgehead atoms. The second-order valence-corrected chi connectivity index (χ2v) is 7.17. The molecule has 2 amide bonds. The Morgan fingerprint density at radius 1 is 0.931 bits per heavy atom. The van der Waals surface area contributed by atoms with E-state index in [0.29, 0.717) is 52.3 Å². The van der Waals surface area contributed by atoms with Gasteiger partial charge in [0.05, 0.1) is 19.6 Å². The van der Waals surface area contributed by atoms with Crippen molar-refractivity contribution in [3.8, 4) is 5.75 Å². The largest absolute Gasteiger partial charge is 0.494 e. The third-order valence-corrected chi connectivity index (χ3v) is 5.01. The van der Waals surface area contributed by atoms with Crippen LogP contribution < -0.4 is 10.1 Å². The standard InChI is InChI=1S/C23H29N3O3/c1-2-29-21-10-8-19(9-11-21)16-23(28)26-14-12-25(13-15-26)18-22(27)24-17-20-6-4-3-5-7-20/h3-11H,2,12-18H2,1H3,(H,24,27). The zero-order chi connectivity index (χ0) is 20.5. The molecule has 29 heavy (non-hydrogen) atoms. The summed E-state index contributed by atoms with van der Waals surface area (Å²) in [6, 6.07) is 17.6. The zero-order valence-corrected chi connectivity index (χ0v) is 17.0. The molecule has 6 heteroatoms. The van der Waals surface area contributed by atoms with Crippen molar-refractivity contribution < 1.29 is 14.3 Å². The molecule has 1 fully saturated rings. The van der Waals surface area contributed by atoms with Gasteiger partial charge in [-0.3, -0.25) is 14.5 Å². The van der Waals surface area contributed by atoms with Gasteiger partial charge in [0.25, 0.3) is 0 Å². The normalized spacial score (nSPS) is 14.4. The fourth-order valence-electron chi connectivity index (χ4n) is 3.37. The summed E-state index contributed by atoms with van der Waals surface area (Å²) >= 11 is 0. The molecule has 0 spiro atoms. The number of rotatable bonds is 8. The Labute approximate surface area is 172 Å². The first-order chi connectivity index (χ1) is 14.1. The van der Waals surface area contributed by atoms with Crippen LogP contribution in [-0.2, 0) is 22.6 Å². The van der Waals surface area contributed by atoms with Gasteiger partial charge >= 0.3 is 0 Å². The molecule has 0 saturated carbocycles. The number of piperazine rings is 1. The van der Waals surface area contributed by atoms with Gasteiger partial charge in [-0.1, -0.05) is 42.5 Å². The molecule has 1 heterocycles.